The molecule has 0 radical (unpaired) electrons. The third kappa shape index (κ3) is 2.65. The summed E-state index contributed by atoms with van der Waals surface area (Å²) >= 11 is 0. The van der Waals surface area contributed by atoms with Gasteiger partial charge in [-0.05, 0) is 49.2 Å². The monoisotopic (exact) mass is 213 g/mol. The van der Waals surface area contributed by atoms with Crippen LogP contribution in [0.4, 0.5) is 8.78 Å². The smallest absolute Gasteiger partial charge is 0.387 e. The van der Waals surface area contributed by atoms with Gasteiger partial charge in [-0.25, -0.2) is 0 Å². The molecule has 0 amide bonds. The van der Waals surface area contributed by atoms with E-state index in [1.807, 2.05) is 6.07 Å². The van der Waals surface area contributed by atoms with E-state index in [1.165, 1.54) is 5.56 Å². The Labute approximate surface area is 87.2 Å². The van der Waals surface area contributed by atoms with Crippen LogP contribution < -0.4 is 10.1 Å². The van der Waals surface area contributed by atoms with E-state index in [0.717, 1.165) is 31.5 Å². The normalized spacial score (nSPS) is 15.9. The van der Waals surface area contributed by atoms with Crippen LogP contribution in [-0.2, 0) is 12.8 Å². The molecule has 1 N–H and O–H groups in total. The Balaban J connectivity index is 2.20. The largest absolute Gasteiger partial charge is 0.435 e. The van der Waals surface area contributed by atoms with Gasteiger partial charge in [0.25, 0.3) is 0 Å². The lowest BCUT2D eigenvalue weighted by molar-refractivity contribution is -0.0498. The van der Waals surface area contributed by atoms with Crippen LogP contribution >= 0.6 is 0 Å². The number of hydrogen-bond donors (Lipinski definition) is 1. The van der Waals surface area contributed by atoms with E-state index in [4.69, 9.17) is 0 Å². The molecule has 15 heavy (non-hydrogen) atoms. The van der Waals surface area contributed by atoms with Gasteiger partial charge in [0.05, 0.1) is 0 Å². The van der Waals surface area contributed by atoms with Gasteiger partial charge in [0.1, 0.15) is 5.75 Å². The van der Waals surface area contributed by atoms with E-state index in [0.29, 0.717) is 0 Å². The SMILES string of the molecule is FC(F)Oc1ccc2c(c1)CCNCC2. The number of benzene rings is 1. The lowest BCUT2D eigenvalue weighted by atomic mass is 10.0. The summed E-state index contributed by atoms with van der Waals surface area (Å²) in [7, 11) is 0. The molecule has 1 aliphatic heterocycles. The first-order valence-corrected chi connectivity index (χ1v) is 5.03. The number of nitrogens with one attached hydrogen (secondary N) is 1. The maximum absolute atomic E-state index is 12.0. The molecule has 1 aliphatic rings. The molecule has 0 atom stereocenters. The molecule has 0 saturated heterocycles. The molecule has 0 fully saturated rings. The van der Waals surface area contributed by atoms with Crippen molar-refractivity contribution in [3.05, 3.63) is 29.3 Å². The number of halogens is 2. The van der Waals surface area contributed by atoms with Gasteiger partial charge in [0.15, 0.2) is 0 Å². The third-order valence-corrected chi connectivity index (χ3v) is 2.55. The second kappa shape index (κ2) is 4.57. The molecular weight excluding hydrogens is 200 g/mol. The Morgan fingerprint density at radius 1 is 1.13 bits per heavy atom. The Morgan fingerprint density at radius 2 is 1.87 bits per heavy atom. The minimum absolute atomic E-state index is 0.255. The Bertz CT molecular complexity index is 341. The third-order valence-electron chi connectivity index (χ3n) is 2.55. The van der Waals surface area contributed by atoms with Crippen LogP contribution in [-0.4, -0.2) is 19.7 Å². The van der Waals surface area contributed by atoms with Crippen LogP contribution in [0.5, 0.6) is 5.75 Å². The zero-order valence-electron chi connectivity index (χ0n) is 8.30. The highest BCUT2D eigenvalue weighted by Crippen LogP contribution is 2.21. The summed E-state index contributed by atoms with van der Waals surface area (Å²) < 4.78 is 28.4. The molecule has 0 unspecified atom stereocenters. The highest BCUT2D eigenvalue weighted by Gasteiger charge is 2.10. The van der Waals surface area contributed by atoms with Gasteiger partial charge in [-0.2, -0.15) is 8.78 Å². The predicted octanol–water partition coefficient (Wildman–Crippen LogP) is 1.98. The van der Waals surface area contributed by atoms with Crippen molar-refractivity contribution in [2.75, 3.05) is 13.1 Å². The molecular formula is C11H13F2NO. The number of alkyl halides is 2. The maximum Gasteiger partial charge on any atom is 0.387 e. The quantitative estimate of drug-likeness (QED) is 0.811. The van der Waals surface area contributed by atoms with Crippen molar-refractivity contribution in [3.8, 4) is 5.75 Å². The minimum Gasteiger partial charge on any atom is -0.435 e. The zero-order chi connectivity index (χ0) is 10.7. The Morgan fingerprint density at radius 3 is 2.60 bits per heavy atom. The summed E-state index contributed by atoms with van der Waals surface area (Å²) in [4.78, 5) is 0. The predicted molar refractivity (Wildman–Crippen MR) is 53.4 cm³/mol. The van der Waals surface area contributed by atoms with Gasteiger partial charge < -0.3 is 10.1 Å². The van der Waals surface area contributed by atoms with E-state index in [1.54, 1.807) is 12.1 Å². The van der Waals surface area contributed by atoms with Gasteiger partial charge in [-0.15, -0.1) is 0 Å². The van der Waals surface area contributed by atoms with Gasteiger partial charge in [-0.1, -0.05) is 6.07 Å². The topological polar surface area (TPSA) is 21.3 Å². The molecule has 2 nitrogen and oxygen atoms in total. The van der Waals surface area contributed by atoms with E-state index in [-0.39, 0.29) is 5.75 Å². The number of hydrogen-bond acceptors (Lipinski definition) is 2. The first-order valence-electron chi connectivity index (χ1n) is 5.03. The molecule has 1 aromatic carbocycles. The van der Waals surface area contributed by atoms with Crippen molar-refractivity contribution in [3.63, 3.8) is 0 Å². The van der Waals surface area contributed by atoms with E-state index in [9.17, 15) is 8.78 Å². The second-order valence-electron chi connectivity index (χ2n) is 3.56. The average molecular weight is 213 g/mol. The number of rotatable bonds is 2. The molecule has 0 aliphatic carbocycles. The van der Waals surface area contributed by atoms with E-state index in [2.05, 4.69) is 10.1 Å². The van der Waals surface area contributed by atoms with E-state index < -0.39 is 6.61 Å². The molecule has 0 spiro atoms. The molecule has 1 heterocycles. The molecule has 2 rings (SSSR count). The minimum atomic E-state index is -2.74. The van der Waals surface area contributed by atoms with Crippen LogP contribution in [0.2, 0.25) is 0 Å². The highest BCUT2D eigenvalue weighted by atomic mass is 19.3. The summed E-state index contributed by atoms with van der Waals surface area (Å²) in [5, 5.41) is 3.27. The van der Waals surface area contributed by atoms with Crippen molar-refractivity contribution in [1.29, 1.82) is 0 Å². The highest BCUT2D eigenvalue weighted by molar-refractivity contribution is 5.36. The summed E-state index contributed by atoms with van der Waals surface area (Å²) in [6, 6.07) is 5.20. The van der Waals surface area contributed by atoms with E-state index >= 15 is 0 Å². The molecule has 0 aromatic heterocycles. The number of ether oxygens (including phenoxy) is 1. The van der Waals surface area contributed by atoms with Gasteiger partial charge >= 0.3 is 6.61 Å². The second-order valence-corrected chi connectivity index (χ2v) is 3.56. The van der Waals surface area contributed by atoms with Crippen molar-refractivity contribution < 1.29 is 13.5 Å². The Kier molecular flexibility index (Phi) is 3.16. The van der Waals surface area contributed by atoms with Crippen molar-refractivity contribution >= 4 is 0 Å². The Hall–Kier alpha value is -1.16. The molecule has 0 bridgehead atoms. The first kappa shape index (κ1) is 10.4. The average Bonchev–Trinajstić information content (AvgIpc) is 2.41. The summed E-state index contributed by atoms with van der Waals surface area (Å²) in [6.07, 6.45) is 1.82. The summed E-state index contributed by atoms with van der Waals surface area (Å²) in [5.41, 5.74) is 2.33. The van der Waals surface area contributed by atoms with Gasteiger partial charge in [0.2, 0.25) is 0 Å². The fraction of sp³-hybridized carbons (Fsp3) is 0.455. The molecule has 4 heteroatoms. The molecule has 82 valence electrons. The fourth-order valence-electron chi connectivity index (χ4n) is 1.83. The van der Waals surface area contributed by atoms with Crippen molar-refractivity contribution in [1.82, 2.24) is 5.32 Å². The van der Waals surface area contributed by atoms with Crippen LogP contribution in [0.15, 0.2) is 18.2 Å². The maximum atomic E-state index is 12.0. The number of fused-ring (bicyclic) bond motifs is 1. The van der Waals surface area contributed by atoms with Crippen molar-refractivity contribution in [2.24, 2.45) is 0 Å². The summed E-state index contributed by atoms with van der Waals surface area (Å²) in [6.45, 7) is -0.903. The van der Waals surface area contributed by atoms with Crippen LogP contribution in [0.25, 0.3) is 0 Å². The fourth-order valence-corrected chi connectivity index (χ4v) is 1.83. The van der Waals surface area contributed by atoms with Crippen LogP contribution in [0, 0.1) is 0 Å². The standard InChI is InChI=1S/C11H13F2NO/c12-11(13)15-10-2-1-8-3-5-14-6-4-9(8)7-10/h1-2,7,11,14H,3-6H2. The lowest BCUT2D eigenvalue weighted by Gasteiger charge is -2.09. The van der Waals surface area contributed by atoms with Crippen LogP contribution in [0.1, 0.15) is 11.1 Å². The first-order chi connectivity index (χ1) is 7.25. The summed E-state index contributed by atoms with van der Waals surface area (Å²) in [5.74, 6) is 0.255. The van der Waals surface area contributed by atoms with Crippen LogP contribution in [0.3, 0.4) is 0 Å². The zero-order valence-corrected chi connectivity index (χ0v) is 8.30. The molecule has 0 saturated carbocycles. The molecule has 1 aromatic rings. The van der Waals surface area contributed by atoms with Gasteiger partial charge in [0, 0.05) is 0 Å². The lowest BCUT2D eigenvalue weighted by Crippen LogP contribution is -2.16. The van der Waals surface area contributed by atoms with Gasteiger partial charge in [-0.3, -0.25) is 0 Å². The van der Waals surface area contributed by atoms with Crippen molar-refractivity contribution in [2.45, 2.75) is 19.5 Å².